The molecule has 1 amide bonds. The first-order valence-electron chi connectivity index (χ1n) is 6.26. The molecule has 1 aliphatic rings. The van der Waals surface area contributed by atoms with Crippen molar-refractivity contribution in [2.75, 3.05) is 13.2 Å². The van der Waals surface area contributed by atoms with E-state index in [0.29, 0.717) is 18.0 Å². The summed E-state index contributed by atoms with van der Waals surface area (Å²) in [4.78, 5) is 11.8. The van der Waals surface area contributed by atoms with Gasteiger partial charge in [0.15, 0.2) is 0 Å². The van der Waals surface area contributed by atoms with E-state index in [1.807, 2.05) is 12.1 Å². The van der Waals surface area contributed by atoms with Crippen LogP contribution in [0.5, 0.6) is 0 Å². The van der Waals surface area contributed by atoms with Crippen molar-refractivity contribution in [3.05, 3.63) is 34.9 Å². The van der Waals surface area contributed by atoms with Crippen molar-refractivity contribution in [1.29, 1.82) is 0 Å². The van der Waals surface area contributed by atoms with E-state index in [4.69, 9.17) is 16.7 Å². The van der Waals surface area contributed by atoms with Crippen molar-refractivity contribution < 1.29 is 9.90 Å². The number of hydrogen-bond acceptors (Lipinski definition) is 2. The van der Waals surface area contributed by atoms with E-state index < -0.39 is 0 Å². The highest BCUT2D eigenvalue weighted by Crippen LogP contribution is 2.47. The van der Waals surface area contributed by atoms with E-state index in [0.717, 1.165) is 24.8 Å². The average molecular weight is 268 g/mol. The number of amides is 1. The third-order valence-corrected chi connectivity index (χ3v) is 3.79. The monoisotopic (exact) mass is 267 g/mol. The number of rotatable bonds is 6. The second kappa shape index (κ2) is 5.72. The molecule has 1 fully saturated rings. The number of aliphatic hydroxyl groups excluding tert-OH is 1. The Balaban J connectivity index is 1.77. The first kappa shape index (κ1) is 13.4. The van der Waals surface area contributed by atoms with Gasteiger partial charge in [0.1, 0.15) is 0 Å². The van der Waals surface area contributed by atoms with Gasteiger partial charge in [-0.25, -0.2) is 0 Å². The van der Waals surface area contributed by atoms with Gasteiger partial charge in [0.05, 0.1) is 6.42 Å². The van der Waals surface area contributed by atoms with E-state index >= 15 is 0 Å². The summed E-state index contributed by atoms with van der Waals surface area (Å²) in [7, 11) is 0. The van der Waals surface area contributed by atoms with Gasteiger partial charge in [-0.05, 0) is 42.4 Å². The quantitative estimate of drug-likeness (QED) is 0.830. The molecule has 18 heavy (non-hydrogen) atoms. The van der Waals surface area contributed by atoms with Gasteiger partial charge in [-0.1, -0.05) is 23.7 Å². The van der Waals surface area contributed by atoms with Gasteiger partial charge in [0, 0.05) is 18.2 Å². The zero-order chi connectivity index (χ0) is 13.0. The SMILES string of the molecule is O=C(Cc1ccc(Cl)cc1)NCC1(CCO)CC1. The number of carbonyl (C=O) groups is 1. The Morgan fingerprint density at radius 1 is 1.33 bits per heavy atom. The van der Waals surface area contributed by atoms with Crippen LogP contribution in [0.3, 0.4) is 0 Å². The molecular weight excluding hydrogens is 250 g/mol. The van der Waals surface area contributed by atoms with E-state index in [-0.39, 0.29) is 17.9 Å². The summed E-state index contributed by atoms with van der Waals surface area (Å²) >= 11 is 5.79. The predicted molar refractivity (Wildman–Crippen MR) is 71.5 cm³/mol. The van der Waals surface area contributed by atoms with Gasteiger partial charge < -0.3 is 10.4 Å². The van der Waals surface area contributed by atoms with Gasteiger partial charge in [0.25, 0.3) is 0 Å². The molecule has 0 bridgehead atoms. The van der Waals surface area contributed by atoms with Gasteiger partial charge in [-0.2, -0.15) is 0 Å². The summed E-state index contributed by atoms with van der Waals surface area (Å²) in [5, 5.41) is 12.6. The first-order valence-corrected chi connectivity index (χ1v) is 6.63. The van der Waals surface area contributed by atoms with Crippen LogP contribution in [0.4, 0.5) is 0 Å². The highest BCUT2D eigenvalue weighted by Gasteiger charge is 2.41. The number of halogens is 1. The highest BCUT2D eigenvalue weighted by molar-refractivity contribution is 6.30. The summed E-state index contributed by atoms with van der Waals surface area (Å²) < 4.78 is 0. The molecule has 2 N–H and O–H groups in total. The van der Waals surface area contributed by atoms with Crippen molar-refractivity contribution >= 4 is 17.5 Å². The Hall–Kier alpha value is -1.06. The summed E-state index contributed by atoms with van der Waals surface area (Å²) in [6.45, 7) is 0.882. The smallest absolute Gasteiger partial charge is 0.224 e. The second-order valence-electron chi connectivity index (χ2n) is 5.05. The normalized spacial score (nSPS) is 16.3. The van der Waals surface area contributed by atoms with Crippen molar-refractivity contribution in [3.63, 3.8) is 0 Å². The Labute approximate surface area is 112 Å². The predicted octanol–water partition coefficient (Wildman–Crippen LogP) is 2.16. The standard InChI is InChI=1S/C14H18ClNO2/c15-12-3-1-11(2-4-12)9-13(18)16-10-14(5-6-14)7-8-17/h1-4,17H,5-10H2,(H,16,18). The molecule has 3 nitrogen and oxygen atoms in total. The highest BCUT2D eigenvalue weighted by atomic mass is 35.5. The maximum Gasteiger partial charge on any atom is 0.224 e. The Morgan fingerprint density at radius 2 is 2.00 bits per heavy atom. The van der Waals surface area contributed by atoms with E-state index in [2.05, 4.69) is 5.32 Å². The summed E-state index contributed by atoms with van der Waals surface area (Å²) in [6.07, 6.45) is 3.38. The molecule has 0 unspecified atom stereocenters. The molecule has 2 rings (SSSR count). The molecule has 1 aromatic carbocycles. The molecule has 0 spiro atoms. The lowest BCUT2D eigenvalue weighted by Crippen LogP contribution is -2.31. The van der Waals surface area contributed by atoms with Crippen LogP contribution in [0, 0.1) is 5.41 Å². The van der Waals surface area contributed by atoms with Crippen molar-refractivity contribution in [2.24, 2.45) is 5.41 Å². The van der Waals surface area contributed by atoms with Gasteiger partial charge in [0.2, 0.25) is 5.91 Å². The topological polar surface area (TPSA) is 49.3 Å². The molecule has 0 aliphatic heterocycles. The van der Waals surface area contributed by atoms with Crippen LogP contribution in [0.1, 0.15) is 24.8 Å². The van der Waals surface area contributed by atoms with Crippen LogP contribution in [-0.2, 0) is 11.2 Å². The zero-order valence-electron chi connectivity index (χ0n) is 10.3. The number of carbonyl (C=O) groups excluding carboxylic acids is 1. The Kier molecular flexibility index (Phi) is 4.25. The number of hydrogen-bond donors (Lipinski definition) is 2. The molecule has 98 valence electrons. The lowest BCUT2D eigenvalue weighted by molar-refractivity contribution is -0.120. The van der Waals surface area contributed by atoms with E-state index in [9.17, 15) is 4.79 Å². The minimum absolute atomic E-state index is 0.0292. The Bertz CT molecular complexity index is 412. The molecule has 1 aromatic rings. The van der Waals surface area contributed by atoms with Gasteiger partial charge in [-0.3, -0.25) is 4.79 Å². The number of aliphatic hydroxyl groups is 1. The van der Waals surface area contributed by atoms with E-state index in [1.54, 1.807) is 12.1 Å². The van der Waals surface area contributed by atoms with Gasteiger partial charge in [-0.15, -0.1) is 0 Å². The Morgan fingerprint density at radius 3 is 2.56 bits per heavy atom. The maximum absolute atomic E-state index is 11.8. The van der Waals surface area contributed by atoms with Crippen LogP contribution in [0.25, 0.3) is 0 Å². The summed E-state index contributed by atoms with van der Waals surface area (Å²) in [5.41, 5.74) is 1.13. The summed E-state index contributed by atoms with van der Waals surface area (Å²) in [5.74, 6) is 0.0292. The van der Waals surface area contributed by atoms with Crippen molar-refractivity contribution in [1.82, 2.24) is 5.32 Å². The van der Waals surface area contributed by atoms with Crippen LogP contribution in [0.15, 0.2) is 24.3 Å². The fourth-order valence-electron chi connectivity index (χ4n) is 2.07. The van der Waals surface area contributed by atoms with Gasteiger partial charge >= 0.3 is 0 Å². The van der Waals surface area contributed by atoms with Crippen molar-refractivity contribution in [3.8, 4) is 0 Å². The molecule has 1 aliphatic carbocycles. The molecule has 0 atom stereocenters. The third kappa shape index (κ3) is 3.72. The fourth-order valence-corrected chi connectivity index (χ4v) is 2.19. The van der Waals surface area contributed by atoms with E-state index in [1.165, 1.54) is 0 Å². The lowest BCUT2D eigenvalue weighted by atomic mass is 10.0. The molecule has 1 saturated carbocycles. The lowest BCUT2D eigenvalue weighted by Gasteiger charge is -2.14. The molecule has 0 saturated heterocycles. The molecule has 0 aromatic heterocycles. The van der Waals surface area contributed by atoms with Crippen LogP contribution in [0.2, 0.25) is 5.02 Å². The van der Waals surface area contributed by atoms with Crippen LogP contribution >= 0.6 is 11.6 Å². The number of benzene rings is 1. The second-order valence-corrected chi connectivity index (χ2v) is 5.49. The molecule has 0 heterocycles. The maximum atomic E-state index is 11.8. The average Bonchev–Trinajstić information content (AvgIpc) is 3.11. The number of nitrogens with one attached hydrogen (secondary N) is 1. The molecular formula is C14H18ClNO2. The summed E-state index contributed by atoms with van der Waals surface area (Å²) in [6, 6.07) is 7.31. The molecule has 0 radical (unpaired) electrons. The minimum atomic E-state index is 0.0292. The van der Waals surface area contributed by atoms with Crippen LogP contribution in [-0.4, -0.2) is 24.2 Å². The minimum Gasteiger partial charge on any atom is -0.396 e. The fraction of sp³-hybridized carbons (Fsp3) is 0.500. The largest absolute Gasteiger partial charge is 0.396 e. The van der Waals surface area contributed by atoms with Crippen LogP contribution < -0.4 is 5.32 Å². The zero-order valence-corrected chi connectivity index (χ0v) is 11.0. The third-order valence-electron chi connectivity index (χ3n) is 3.54. The van der Waals surface area contributed by atoms with Crippen molar-refractivity contribution in [2.45, 2.75) is 25.7 Å². The molecule has 4 heteroatoms. The first-order chi connectivity index (χ1) is 8.63.